The van der Waals surface area contributed by atoms with E-state index in [1.807, 2.05) is 18.2 Å². The maximum Gasteiger partial charge on any atom is 0.261 e. The fourth-order valence-corrected chi connectivity index (χ4v) is 5.36. The Morgan fingerprint density at radius 1 is 0.860 bits per heavy atom. The second-order valence-corrected chi connectivity index (χ2v) is 11.1. The van der Waals surface area contributed by atoms with Crippen LogP contribution in [0, 0.1) is 5.82 Å². The third kappa shape index (κ3) is 8.32. The molecule has 0 spiro atoms. The van der Waals surface area contributed by atoms with Crippen LogP contribution >= 0.6 is 0 Å². The maximum atomic E-state index is 13.7. The van der Waals surface area contributed by atoms with E-state index in [2.05, 4.69) is 10.0 Å². The van der Waals surface area contributed by atoms with E-state index in [9.17, 15) is 22.4 Å². The molecule has 1 atom stereocenters. The number of anilines is 1. The van der Waals surface area contributed by atoms with Crippen molar-refractivity contribution in [3.63, 3.8) is 0 Å². The zero-order valence-electron chi connectivity index (χ0n) is 23.7. The van der Waals surface area contributed by atoms with Crippen molar-refractivity contribution in [2.45, 2.75) is 24.4 Å². The highest BCUT2D eigenvalue weighted by molar-refractivity contribution is 7.92. The second-order valence-electron chi connectivity index (χ2n) is 9.45. The third-order valence-corrected chi connectivity index (χ3v) is 7.85. The summed E-state index contributed by atoms with van der Waals surface area (Å²) in [4.78, 5) is 28.4. The third-order valence-electron chi connectivity index (χ3n) is 6.45. The molecule has 0 aliphatic carbocycles. The van der Waals surface area contributed by atoms with Gasteiger partial charge in [-0.2, -0.15) is 0 Å². The summed E-state index contributed by atoms with van der Waals surface area (Å²) in [5, 5.41) is 2.82. The Kier molecular flexibility index (Phi) is 10.3. The van der Waals surface area contributed by atoms with Gasteiger partial charge in [0, 0.05) is 18.8 Å². The largest absolute Gasteiger partial charge is 0.497 e. The van der Waals surface area contributed by atoms with E-state index in [0.29, 0.717) is 17.9 Å². The van der Waals surface area contributed by atoms with E-state index in [-0.39, 0.29) is 28.8 Å². The van der Waals surface area contributed by atoms with Gasteiger partial charge in [-0.15, -0.1) is 0 Å². The van der Waals surface area contributed by atoms with Gasteiger partial charge in [-0.1, -0.05) is 42.5 Å². The van der Waals surface area contributed by atoms with E-state index < -0.39 is 34.4 Å². The van der Waals surface area contributed by atoms with Crippen LogP contribution < -0.4 is 19.5 Å². The minimum absolute atomic E-state index is 0.0444. The van der Waals surface area contributed by atoms with Crippen LogP contribution in [0.4, 0.5) is 10.1 Å². The second kappa shape index (κ2) is 14.3. The minimum atomic E-state index is -3.94. The van der Waals surface area contributed by atoms with Crippen LogP contribution in [-0.2, 0) is 26.2 Å². The zero-order valence-corrected chi connectivity index (χ0v) is 24.5. The number of carbonyl (C=O) groups excluding carboxylic acids is 2. The minimum Gasteiger partial charge on any atom is -0.497 e. The number of likely N-dealkylation sites (N-methyl/N-ethyl adjacent to an activating group) is 1. The fourth-order valence-electron chi connectivity index (χ4n) is 4.31. The van der Waals surface area contributed by atoms with Gasteiger partial charge < -0.3 is 19.7 Å². The SMILES string of the molecule is CCNC(=O)[C@H](c1ccccc1)N(Cc1ccc(OC)cc1)C(=O)COc1ccc(S(=O)(=O)Nc2ccc(F)cc2)cc1. The molecule has 4 rings (SSSR count). The van der Waals surface area contributed by atoms with E-state index >= 15 is 0 Å². The summed E-state index contributed by atoms with van der Waals surface area (Å²) in [5.41, 5.74) is 1.63. The zero-order chi connectivity index (χ0) is 30.8. The number of hydrogen-bond donors (Lipinski definition) is 2. The Hall–Kier alpha value is -4.90. The van der Waals surface area contributed by atoms with E-state index in [0.717, 1.165) is 17.7 Å². The number of carbonyl (C=O) groups is 2. The Morgan fingerprint density at radius 2 is 1.49 bits per heavy atom. The number of halogens is 1. The Labute approximate surface area is 250 Å². The van der Waals surface area contributed by atoms with Gasteiger partial charge in [0.1, 0.15) is 23.4 Å². The van der Waals surface area contributed by atoms with Crippen molar-refractivity contribution >= 4 is 27.5 Å². The summed E-state index contributed by atoms with van der Waals surface area (Å²) >= 11 is 0. The van der Waals surface area contributed by atoms with Gasteiger partial charge in [0.15, 0.2) is 6.61 Å². The molecule has 2 amide bonds. The van der Waals surface area contributed by atoms with Gasteiger partial charge in [-0.25, -0.2) is 12.8 Å². The van der Waals surface area contributed by atoms with Crippen molar-refractivity contribution in [2.24, 2.45) is 0 Å². The molecule has 0 fully saturated rings. The van der Waals surface area contributed by atoms with Crippen molar-refractivity contribution in [1.82, 2.24) is 10.2 Å². The number of nitrogens with zero attached hydrogens (tertiary/aromatic N) is 1. The van der Waals surface area contributed by atoms with Crippen molar-refractivity contribution in [3.8, 4) is 11.5 Å². The molecule has 4 aromatic carbocycles. The lowest BCUT2D eigenvalue weighted by atomic mass is 10.0. The highest BCUT2D eigenvalue weighted by Crippen LogP contribution is 2.26. The molecular formula is C32H32FN3O6S. The van der Waals surface area contributed by atoms with Gasteiger partial charge in [0.05, 0.1) is 12.0 Å². The summed E-state index contributed by atoms with van der Waals surface area (Å²) in [5.74, 6) is -0.355. The monoisotopic (exact) mass is 605 g/mol. The predicted octanol–water partition coefficient (Wildman–Crippen LogP) is 4.92. The van der Waals surface area contributed by atoms with Crippen LogP contribution in [-0.4, -0.2) is 45.4 Å². The van der Waals surface area contributed by atoms with Gasteiger partial charge in [-0.3, -0.25) is 14.3 Å². The average molecular weight is 606 g/mol. The molecule has 2 N–H and O–H groups in total. The Morgan fingerprint density at radius 3 is 2.09 bits per heavy atom. The van der Waals surface area contributed by atoms with Crippen molar-refractivity contribution < 1.29 is 31.9 Å². The molecule has 0 unspecified atom stereocenters. The molecule has 0 radical (unpaired) electrons. The number of hydrogen-bond acceptors (Lipinski definition) is 6. The van der Waals surface area contributed by atoms with Gasteiger partial charge in [-0.05, 0) is 78.7 Å². The smallest absolute Gasteiger partial charge is 0.261 e. The molecule has 0 aliphatic rings. The number of nitrogens with one attached hydrogen (secondary N) is 2. The molecule has 224 valence electrons. The number of rotatable bonds is 13. The summed E-state index contributed by atoms with van der Waals surface area (Å²) < 4.78 is 52.0. The number of methoxy groups -OCH3 is 1. The first-order valence-electron chi connectivity index (χ1n) is 13.5. The van der Waals surface area contributed by atoms with E-state index in [1.54, 1.807) is 50.4 Å². The number of ether oxygens (including phenoxy) is 2. The molecule has 43 heavy (non-hydrogen) atoms. The first-order valence-corrected chi connectivity index (χ1v) is 14.9. The Balaban J connectivity index is 1.53. The topological polar surface area (TPSA) is 114 Å². The first kappa shape index (κ1) is 31.0. The number of amides is 2. The van der Waals surface area contributed by atoms with Crippen molar-refractivity contribution in [2.75, 3.05) is 25.0 Å². The van der Waals surface area contributed by atoms with Crippen LogP contribution in [0.2, 0.25) is 0 Å². The summed E-state index contributed by atoms with van der Waals surface area (Å²) in [6.07, 6.45) is 0. The van der Waals surface area contributed by atoms with Crippen molar-refractivity contribution in [3.05, 3.63) is 120 Å². The van der Waals surface area contributed by atoms with Gasteiger partial charge >= 0.3 is 0 Å². The van der Waals surface area contributed by atoms with Crippen molar-refractivity contribution in [1.29, 1.82) is 0 Å². The van der Waals surface area contributed by atoms with Gasteiger partial charge in [0.2, 0.25) is 5.91 Å². The highest BCUT2D eigenvalue weighted by atomic mass is 32.2. The lowest BCUT2D eigenvalue weighted by molar-refractivity contribution is -0.143. The maximum absolute atomic E-state index is 13.7. The standard InChI is InChI=1S/C32H32FN3O6S/c1-3-34-32(38)31(24-7-5-4-6-8-24)36(21-23-9-15-27(41-2)16-10-23)30(37)22-42-28-17-19-29(20-18-28)43(39,40)35-26-13-11-25(33)12-14-26/h4-20,31,35H,3,21-22H2,1-2H3,(H,34,38)/t31-/m0/s1. The molecule has 9 nitrogen and oxygen atoms in total. The van der Waals surface area contributed by atoms with Crippen LogP contribution in [0.1, 0.15) is 24.1 Å². The van der Waals surface area contributed by atoms with Crippen LogP contribution in [0.25, 0.3) is 0 Å². The van der Waals surface area contributed by atoms with Crippen LogP contribution in [0.3, 0.4) is 0 Å². The quantitative estimate of drug-likeness (QED) is 0.224. The Bertz CT molecular complexity index is 1610. The molecule has 0 aliphatic heterocycles. The summed E-state index contributed by atoms with van der Waals surface area (Å²) in [7, 11) is -2.38. The summed E-state index contributed by atoms with van der Waals surface area (Å²) in [6.45, 7) is 1.90. The molecule has 0 bridgehead atoms. The van der Waals surface area contributed by atoms with Crippen LogP contribution in [0.15, 0.2) is 108 Å². The molecular weight excluding hydrogens is 573 g/mol. The molecule has 0 saturated heterocycles. The van der Waals surface area contributed by atoms with E-state index in [4.69, 9.17) is 9.47 Å². The predicted molar refractivity (Wildman–Crippen MR) is 161 cm³/mol. The molecule has 0 saturated carbocycles. The molecule has 11 heteroatoms. The number of benzene rings is 4. The highest BCUT2D eigenvalue weighted by Gasteiger charge is 2.31. The molecule has 0 aromatic heterocycles. The normalized spacial score (nSPS) is 11.7. The van der Waals surface area contributed by atoms with Gasteiger partial charge in [0.25, 0.3) is 15.9 Å². The van der Waals surface area contributed by atoms with Crippen LogP contribution in [0.5, 0.6) is 11.5 Å². The molecule has 4 aromatic rings. The first-order chi connectivity index (χ1) is 20.7. The fraction of sp³-hybridized carbons (Fsp3) is 0.188. The molecule has 0 heterocycles. The summed E-state index contributed by atoms with van der Waals surface area (Å²) in [6, 6.07) is 25.7. The lowest BCUT2D eigenvalue weighted by Crippen LogP contribution is -2.45. The number of sulfonamides is 1. The van der Waals surface area contributed by atoms with E-state index in [1.165, 1.54) is 41.3 Å². The average Bonchev–Trinajstić information content (AvgIpc) is 3.02. The lowest BCUT2D eigenvalue weighted by Gasteiger charge is -2.31.